The summed E-state index contributed by atoms with van der Waals surface area (Å²) in [7, 11) is 1.10. The number of methoxy groups -OCH3 is 1. The number of hydrogen-bond acceptors (Lipinski definition) is 4. The average molecular weight is 254 g/mol. The molecule has 0 heterocycles. The Morgan fingerprint density at radius 2 is 2.06 bits per heavy atom. The van der Waals surface area contributed by atoms with Crippen molar-refractivity contribution >= 4 is 18.4 Å². The topological polar surface area (TPSA) is 72.5 Å². The molecule has 0 unspecified atom stereocenters. The summed E-state index contributed by atoms with van der Waals surface area (Å²) in [5.41, 5.74) is 5.12. The number of rotatable bonds is 2. The van der Waals surface area contributed by atoms with Gasteiger partial charge in [-0.3, -0.25) is 4.79 Å². The molecule has 0 fully saturated rings. The molecule has 1 rings (SSSR count). The highest BCUT2D eigenvalue weighted by atomic mass is 35.5. The zero-order valence-corrected chi connectivity index (χ0v) is 9.05. The van der Waals surface area contributed by atoms with E-state index in [4.69, 9.17) is 5.73 Å². The largest absolute Gasteiger partial charge is 0.504 e. The van der Waals surface area contributed by atoms with Crippen LogP contribution in [0.1, 0.15) is 11.6 Å². The van der Waals surface area contributed by atoms with E-state index in [-0.39, 0.29) is 18.0 Å². The van der Waals surface area contributed by atoms with E-state index in [2.05, 4.69) is 4.74 Å². The van der Waals surface area contributed by atoms with Crippen molar-refractivity contribution in [3.8, 4) is 5.75 Å². The number of phenols is 1. The molecule has 90 valence electrons. The Balaban J connectivity index is 0.00000225. The fraction of sp³-hybridized carbons (Fsp3) is 0.222. The SMILES string of the molecule is COC(=O)[C@@H](N)c1ccc(F)c(F)c1O.Cl. The number of phenolic OH excluding ortho intramolecular Hbond substituents is 1. The molecule has 0 bridgehead atoms. The number of carbonyl (C=O) groups excluding carboxylic acids is 1. The first-order chi connectivity index (χ1) is 6.99. The summed E-state index contributed by atoms with van der Waals surface area (Å²) in [6, 6.07) is 0.452. The van der Waals surface area contributed by atoms with E-state index in [1.165, 1.54) is 0 Å². The van der Waals surface area contributed by atoms with E-state index < -0.39 is 29.4 Å². The number of carbonyl (C=O) groups is 1. The lowest BCUT2D eigenvalue weighted by Gasteiger charge is -2.11. The lowest BCUT2D eigenvalue weighted by Crippen LogP contribution is -2.23. The molecule has 1 atom stereocenters. The summed E-state index contributed by atoms with van der Waals surface area (Å²) >= 11 is 0. The second-order valence-corrected chi connectivity index (χ2v) is 2.80. The van der Waals surface area contributed by atoms with Gasteiger partial charge in [0, 0.05) is 5.56 Å². The summed E-state index contributed by atoms with van der Waals surface area (Å²) in [5.74, 6) is -4.48. The Labute approximate surface area is 96.4 Å². The first-order valence-electron chi connectivity index (χ1n) is 3.99. The van der Waals surface area contributed by atoms with E-state index in [0.29, 0.717) is 0 Å². The van der Waals surface area contributed by atoms with Crippen molar-refractivity contribution in [2.24, 2.45) is 5.73 Å². The van der Waals surface area contributed by atoms with Gasteiger partial charge in [0.05, 0.1) is 7.11 Å². The fourth-order valence-electron chi connectivity index (χ4n) is 1.06. The van der Waals surface area contributed by atoms with Crippen LogP contribution < -0.4 is 5.73 Å². The number of ether oxygens (including phenoxy) is 1. The van der Waals surface area contributed by atoms with Crippen LogP contribution in [-0.2, 0) is 9.53 Å². The van der Waals surface area contributed by atoms with Gasteiger partial charge < -0.3 is 15.6 Å². The molecule has 7 heteroatoms. The minimum atomic E-state index is -1.44. The van der Waals surface area contributed by atoms with Crippen LogP contribution in [0.5, 0.6) is 5.75 Å². The van der Waals surface area contributed by atoms with Crippen molar-refractivity contribution in [3.63, 3.8) is 0 Å². The van der Waals surface area contributed by atoms with Crippen LogP contribution in [0, 0.1) is 11.6 Å². The number of esters is 1. The normalized spacial score (nSPS) is 11.5. The highest BCUT2D eigenvalue weighted by Gasteiger charge is 2.23. The minimum absolute atomic E-state index is 0. The Hall–Kier alpha value is -1.40. The fourth-order valence-corrected chi connectivity index (χ4v) is 1.06. The third-order valence-corrected chi connectivity index (χ3v) is 1.89. The second-order valence-electron chi connectivity index (χ2n) is 2.80. The number of hydrogen-bond donors (Lipinski definition) is 2. The van der Waals surface area contributed by atoms with Crippen LogP contribution in [0.3, 0.4) is 0 Å². The molecular weight excluding hydrogens is 244 g/mol. The molecule has 0 spiro atoms. The Morgan fingerprint density at radius 1 is 1.50 bits per heavy atom. The third-order valence-electron chi connectivity index (χ3n) is 1.89. The number of aromatic hydroxyl groups is 1. The van der Waals surface area contributed by atoms with Gasteiger partial charge in [-0.1, -0.05) is 6.07 Å². The molecule has 3 N–H and O–H groups in total. The molecule has 0 aliphatic rings. The maximum atomic E-state index is 12.9. The Kier molecular flexibility index (Phi) is 5.13. The van der Waals surface area contributed by atoms with Gasteiger partial charge >= 0.3 is 5.97 Å². The summed E-state index contributed by atoms with van der Waals surface area (Å²) in [5, 5.41) is 9.19. The second kappa shape index (κ2) is 5.62. The molecule has 4 nitrogen and oxygen atoms in total. The van der Waals surface area contributed by atoms with Gasteiger partial charge in [-0.25, -0.2) is 4.39 Å². The van der Waals surface area contributed by atoms with E-state index >= 15 is 0 Å². The Bertz CT molecular complexity index is 401. The summed E-state index contributed by atoms with van der Waals surface area (Å²) in [4.78, 5) is 11.0. The molecule has 0 radical (unpaired) electrons. The van der Waals surface area contributed by atoms with Gasteiger partial charge in [0.1, 0.15) is 6.04 Å². The molecule has 0 saturated carbocycles. The maximum Gasteiger partial charge on any atom is 0.327 e. The highest BCUT2D eigenvalue weighted by molar-refractivity contribution is 5.85. The first kappa shape index (κ1) is 14.6. The number of nitrogens with two attached hydrogens (primary N) is 1. The van der Waals surface area contributed by atoms with Crippen molar-refractivity contribution in [3.05, 3.63) is 29.3 Å². The Morgan fingerprint density at radius 3 is 2.56 bits per heavy atom. The lowest BCUT2D eigenvalue weighted by atomic mass is 10.1. The van der Waals surface area contributed by atoms with Crippen LogP contribution in [-0.4, -0.2) is 18.2 Å². The molecule has 16 heavy (non-hydrogen) atoms. The predicted octanol–water partition coefficient (Wildman–Crippen LogP) is 1.26. The molecule has 1 aromatic carbocycles. The van der Waals surface area contributed by atoms with Gasteiger partial charge in [-0.2, -0.15) is 4.39 Å². The molecular formula is C9H10ClF2NO3. The molecule has 0 aromatic heterocycles. The van der Waals surface area contributed by atoms with Crippen LogP contribution in [0.4, 0.5) is 8.78 Å². The van der Waals surface area contributed by atoms with Crippen LogP contribution in [0.25, 0.3) is 0 Å². The van der Waals surface area contributed by atoms with Gasteiger partial charge in [0.25, 0.3) is 0 Å². The molecule has 1 aromatic rings. The third kappa shape index (κ3) is 2.59. The zero-order valence-electron chi connectivity index (χ0n) is 8.24. The average Bonchev–Trinajstić information content (AvgIpc) is 2.24. The van der Waals surface area contributed by atoms with Gasteiger partial charge in [0.15, 0.2) is 11.6 Å². The van der Waals surface area contributed by atoms with Crippen LogP contribution in [0.2, 0.25) is 0 Å². The minimum Gasteiger partial charge on any atom is -0.504 e. The smallest absolute Gasteiger partial charge is 0.327 e. The molecule has 0 amide bonds. The highest BCUT2D eigenvalue weighted by Crippen LogP contribution is 2.27. The standard InChI is InChI=1S/C9H9F2NO3.ClH/c1-15-9(14)7(12)4-2-3-5(10)6(11)8(4)13;/h2-3,7,13H,12H2,1H3;1H/t7-;/m0./s1. The molecule has 0 aliphatic heterocycles. The quantitative estimate of drug-likeness (QED) is 0.779. The first-order valence-corrected chi connectivity index (χ1v) is 3.99. The number of benzene rings is 1. The van der Waals surface area contributed by atoms with Crippen LogP contribution >= 0.6 is 12.4 Å². The van der Waals surface area contributed by atoms with Gasteiger partial charge in [-0.05, 0) is 6.07 Å². The van der Waals surface area contributed by atoms with Crippen molar-refractivity contribution < 1.29 is 23.4 Å². The van der Waals surface area contributed by atoms with E-state index in [1.807, 2.05) is 0 Å². The van der Waals surface area contributed by atoms with Gasteiger partial charge in [-0.15, -0.1) is 12.4 Å². The van der Waals surface area contributed by atoms with E-state index in [9.17, 15) is 18.7 Å². The van der Waals surface area contributed by atoms with Crippen molar-refractivity contribution in [2.45, 2.75) is 6.04 Å². The van der Waals surface area contributed by atoms with Crippen LogP contribution in [0.15, 0.2) is 12.1 Å². The summed E-state index contributed by atoms with van der Waals surface area (Å²) in [6.07, 6.45) is 0. The van der Waals surface area contributed by atoms with Crippen molar-refractivity contribution in [1.82, 2.24) is 0 Å². The number of halogens is 3. The van der Waals surface area contributed by atoms with E-state index in [1.54, 1.807) is 0 Å². The monoisotopic (exact) mass is 253 g/mol. The van der Waals surface area contributed by atoms with Gasteiger partial charge in [0.2, 0.25) is 5.82 Å². The molecule has 0 saturated heterocycles. The van der Waals surface area contributed by atoms with Crippen molar-refractivity contribution in [2.75, 3.05) is 7.11 Å². The lowest BCUT2D eigenvalue weighted by molar-refractivity contribution is -0.142. The maximum absolute atomic E-state index is 12.9. The summed E-state index contributed by atoms with van der Waals surface area (Å²) in [6.45, 7) is 0. The van der Waals surface area contributed by atoms with E-state index in [0.717, 1.165) is 19.2 Å². The predicted molar refractivity (Wildman–Crippen MR) is 54.2 cm³/mol. The zero-order chi connectivity index (χ0) is 11.6. The molecule has 0 aliphatic carbocycles. The van der Waals surface area contributed by atoms with Crippen molar-refractivity contribution in [1.29, 1.82) is 0 Å². The summed E-state index contributed by atoms with van der Waals surface area (Å²) < 4.78 is 29.8.